The summed E-state index contributed by atoms with van der Waals surface area (Å²) in [6, 6.07) is 21.7. The van der Waals surface area contributed by atoms with Crippen LogP contribution in [0.15, 0.2) is 82.5 Å². The van der Waals surface area contributed by atoms with Crippen LogP contribution in [-0.2, 0) is 16.6 Å². The van der Waals surface area contributed by atoms with Gasteiger partial charge in [0.25, 0.3) is 0 Å². The summed E-state index contributed by atoms with van der Waals surface area (Å²) < 4.78 is 31.9. The van der Waals surface area contributed by atoms with Gasteiger partial charge in [-0.3, -0.25) is 9.36 Å². The Morgan fingerprint density at radius 1 is 0.968 bits per heavy atom. The van der Waals surface area contributed by atoms with Crippen molar-refractivity contribution in [1.82, 2.24) is 9.29 Å². The molecule has 0 spiro atoms. The summed E-state index contributed by atoms with van der Waals surface area (Å²) in [6.07, 6.45) is 0.836. The molecule has 31 heavy (non-hydrogen) atoms. The molecule has 4 aromatic rings. The number of nitrogens with one attached hydrogen (secondary N) is 1. The minimum absolute atomic E-state index is 0.0683. The van der Waals surface area contributed by atoms with E-state index >= 15 is 0 Å². The number of thiazole rings is 1. The van der Waals surface area contributed by atoms with Gasteiger partial charge in [-0.1, -0.05) is 78.4 Å². The van der Waals surface area contributed by atoms with Crippen molar-refractivity contribution >= 4 is 31.6 Å². The predicted octanol–water partition coefficient (Wildman–Crippen LogP) is 4.85. The highest BCUT2D eigenvalue weighted by molar-refractivity contribution is 7.89. The molecule has 0 fully saturated rings. The summed E-state index contributed by atoms with van der Waals surface area (Å²) in [5.74, 6) is 0. The Morgan fingerprint density at radius 2 is 1.71 bits per heavy atom. The maximum absolute atomic E-state index is 13.3. The molecular formula is C24H24N2O3S2. The lowest BCUT2D eigenvalue weighted by molar-refractivity contribution is 0.572. The van der Waals surface area contributed by atoms with Gasteiger partial charge in [-0.2, -0.15) is 4.72 Å². The summed E-state index contributed by atoms with van der Waals surface area (Å²) in [7, 11) is -3.83. The minimum Gasteiger partial charge on any atom is -0.299 e. The maximum Gasteiger partial charge on any atom is 0.308 e. The number of nitrogens with zero attached hydrogens (tertiary/aromatic N) is 1. The van der Waals surface area contributed by atoms with Gasteiger partial charge in [0.05, 0.1) is 21.2 Å². The first-order valence-corrected chi connectivity index (χ1v) is 12.5. The molecule has 1 N–H and O–H groups in total. The zero-order valence-electron chi connectivity index (χ0n) is 17.4. The van der Waals surface area contributed by atoms with Crippen LogP contribution in [0.2, 0.25) is 0 Å². The zero-order valence-corrected chi connectivity index (χ0v) is 19.0. The summed E-state index contributed by atoms with van der Waals surface area (Å²) in [5.41, 5.74) is 3.56. The summed E-state index contributed by atoms with van der Waals surface area (Å²) in [6.45, 7) is 4.61. The first kappa shape index (κ1) is 21.5. The number of hydrogen-bond donors (Lipinski definition) is 1. The molecule has 0 bridgehead atoms. The molecule has 3 aromatic carbocycles. The van der Waals surface area contributed by atoms with E-state index in [1.54, 1.807) is 22.8 Å². The second-order valence-electron chi connectivity index (χ2n) is 7.53. The van der Waals surface area contributed by atoms with Gasteiger partial charge < -0.3 is 0 Å². The van der Waals surface area contributed by atoms with Crippen molar-refractivity contribution in [3.63, 3.8) is 0 Å². The second-order valence-corrected chi connectivity index (χ2v) is 10.2. The Labute approximate surface area is 186 Å². The molecule has 4 rings (SSSR count). The first-order valence-electron chi connectivity index (χ1n) is 10.2. The van der Waals surface area contributed by atoms with Gasteiger partial charge in [0.15, 0.2) is 0 Å². The average molecular weight is 453 g/mol. The molecule has 1 atom stereocenters. The van der Waals surface area contributed by atoms with E-state index in [0.29, 0.717) is 11.2 Å². The number of sulfonamides is 1. The molecular weight excluding hydrogens is 428 g/mol. The quantitative estimate of drug-likeness (QED) is 0.436. The Kier molecular flexibility index (Phi) is 6.09. The fourth-order valence-electron chi connectivity index (χ4n) is 3.70. The van der Waals surface area contributed by atoms with Crippen molar-refractivity contribution in [2.45, 2.75) is 37.8 Å². The van der Waals surface area contributed by atoms with E-state index in [4.69, 9.17) is 0 Å². The highest BCUT2D eigenvalue weighted by Gasteiger charge is 2.24. The molecule has 0 aliphatic carbocycles. The van der Waals surface area contributed by atoms with Crippen molar-refractivity contribution in [3.05, 3.63) is 99.2 Å². The van der Waals surface area contributed by atoms with E-state index in [0.717, 1.165) is 40.0 Å². The van der Waals surface area contributed by atoms with E-state index in [1.165, 1.54) is 0 Å². The van der Waals surface area contributed by atoms with Crippen LogP contribution in [-0.4, -0.2) is 13.0 Å². The Hall–Kier alpha value is -2.74. The number of aryl methyl sites for hydroxylation is 2. The van der Waals surface area contributed by atoms with E-state index in [-0.39, 0.29) is 9.77 Å². The predicted molar refractivity (Wildman–Crippen MR) is 126 cm³/mol. The van der Waals surface area contributed by atoms with E-state index < -0.39 is 16.1 Å². The topological polar surface area (TPSA) is 68.2 Å². The standard InChI is InChI=1S/C24H24N2O3S2/c1-3-14-26-21-13-12-20(16-22(21)30-24(26)27)31(28,29)25-23(18-9-5-4-6-10-18)19-11-7-8-17(2)15-19/h4-13,15-16,23,25H,3,14H2,1-2H3. The summed E-state index contributed by atoms with van der Waals surface area (Å²) in [4.78, 5) is 12.4. The van der Waals surface area contributed by atoms with Crippen molar-refractivity contribution in [2.24, 2.45) is 0 Å². The van der Waals surface area contributed by atoms with Gasteiger partial charge in [-0.25, -0.2) is 8.42 Å². The molecule has 0 amide bonds. The number of hydrogen-bond acceptors (Lipinski definition) is 4. The average Bonchev–Trinajstić information content (AvgIpc) is 3.07. The van der Waals surface area contributed by atoms with Crippen LogP contribution >= 0.6 is 11.3 Å². The molecule has 5 nitrogen and oxygen atoms in total. The third kappa shape index (κ3) is 4.49. The van der Waals surface area contributed by atoms with E-state index in [2.05, 4.69) is 4.72 Å². The number of aromatic nitrogens is 1. The maximum atomic E-state index is 13.3. The Morgan fingerprint density at radius 3 is 2.42 bits per heavy atom. The van der Waals surface area contributed by atoms with Crippen LogP contribution < -0.4 is 9.60 Å². The number of benzene rings is 3. The molecule has 0 radical (unpaired) electrons. The number of rotatable bonds is 7. The summed E-state index contributed by atoms with van der Waals surface area (Å²) in [5, 5.41) is 0. The van der Waals surface area contributed by atoms with Crippen LogP contribution in [0, 0.1) is 6.92 Å². The zero-order chi connectivity index (χ0) is 22.0. The van der Waals surface area contributed by atoms with Crippen LogP contribution in [0.25, 0.3) is 10.2 Å². The lowest BCUT2D eigenvalue weighted by Gasteiger charge is -2.20. The van der Waals surface area contributed by atoms with Gasteiger partial charge >= 0.3 is 4.87 Å². The van der Waals surface area contributed by atoms with Crippen molar-refractivity contribution in [2.75, 3.05) is 0 Å². The van der Waals surface area contributed by atoms with Gasteiger partial charge in [-0.15, -0.1) is 0 Å². The van der Waals surface area contributed by atoms with Gasteiger partial charge in [0.1, 0.15) is 0 Å². The molecule has 160 valence electrons. The smallest absolute Gasteiger partial charge is 0.299 e. The fourth-order valence-corrected chi connectivity index (χ4v) is 5.97. The summed E-state index contributed by atoms with van der Waals surface area (Å²) >= 11 is 1.08. The highest BCUT2D eigenvalue weighted by Crippen LogP contribution is 2.27. The van der Waals surface area contributed by atoms with E-state index in [9.17, 15) is 13.2 Å². The van der Waals surface area contributed by atoms with Crippen molar-refractivity contribution in [1.29, 1.82) is 0 Å². The third-order valence-corrected chi connectivity index (χ3v) is 7.54. The molecule has 1 unspecified atom stereocenters. The van der Waals surface area contributed by atoms with Crippen LogP contribution in [0.5, 0.6) is 0 Å². The van der Waals surface area contributed by atoms with Crippen LogP contribution in [0.4, 0.5) is 0 Å². The second kappa shape index (κ2) is 8.78. The molecule has 0 saturated carbocycles. The van der Waals surface area contributed by atoms with Crippen LogP contribution in [0.3, 0.4) is 0 Å². The van der Waals surface area contributed by atoms with Crippen molar-refractivity contribution in [3.8, 4) is 0 Å². The van der Waals surface area contributed by atoms with Gasteiger partial charge in [0.2, 0.25) is 10.0 Å². The fraction of sp³-hybridized carbons (Fsp3) is 0.208. The van der Waals surface area contributed by atoms with Gasteiger partial charge in [-0.05, 0) is 42.7 Å². The normalized spacial score (nSPS) is 12.8. The SMILES string of the molecule is CCCn1c(=O)sc2cc(S(=O)(=O)NC(c3ccccc3)c3cccc(C)c3)ccc21. The monoisotopic (exact) mass is 452 g/mol. The number of fused-ring (bicyclic) bond motifs is 1. The van der Waals surface area contributed by atoms with E-state index in [1.807, 2.05) is 68.4 Å². The largest absolute Gasteiger partial charge is 0.308 e. The van der Waals surface area contributed by atoms with Crippen LogP contribution in [0.1, 0.15) is 36.1 Å². The molecule has 1 aromatic heterocycles. The lowest BCUT2D eigenvalue weighted by atomic mass is 9.98. The Bertz CT molecular complexity index is 1370. The Balaban J connectivity index is 1.75. The first-order chi connectivity index (χ1) is 14.9. The van der Waals surface area contributed by atoms with Crippen molar-refractivity contribution < 1.29 is 8.42 Å². The minimum atomic E-state index is -3.83. The lowest BCUT2D eigenvalue weighted by Crippen LogP contribution is -2.29. The molecule has 1 heterocycles. The molecule has 0 saturated heterocycles. The molecule has 0 aliphatic heterocycles. The molecule has 0 aliphatic rings. The molecule has 7 heteroatoms. The van der Waals surface area contributed by atoms with Gasteiger partial charge in [0, 0.05) is 6.54 Å². The highest BCUT2D eigenvalue weighted by atomic mass is 32.2. The third-order valence-electron chi connectivity index (χ3n) is 5.18.